The lowest BCUT2D eigenvalue weighted by Gasteiger charge is -2.55. The van der Waals surface area contributed by atoms with Crippen molar-refractivity contribution in [1.82, 2.24) is 10.2 Å². The van der Waals surface area contributed by atoms with Gasteiger partial charge in [0, 0.05) is 17.5 Å². The van der Waals surface area contributed by atoms with Crippen molar-refractivity contribution in [3.8, 4) is 5.75 Å². The summed E-state index contributed by atoms with van der Waals surface area (Å²) in [5.74, 6) is 0.769. The lowest BCUT2D eigenvalue weighted by Crippen LogP contribution is -2.66. The van der Waals surface area contributed by atoms with E-state index in [4.69, 9.17) is 4.74 Å². The SMILES string of the molecule is COc1ccc2c(c1)C1(C)CCN(C)[C@H](C2)C1NCCc1ccc(F)cc1. The number of fused-ring (bicyclic) bond motifs is 4. The topological polar surface area (TPSA) is 24.5 Å². The molecule has 0 radical (unpaired) electrons. The van der Waals surface area contributed by atoms with Crippen LogP contribution in [0.15, 0.2) is 42.5 Å². The Morgan fingerprint density at radius 3 is 2.74 bits per heavy atom. The van der Waals surface area contributed by atoms with Gasteiger partial charge in [-0.3, -0.25) is 0 Å². The van der Waals surface area contributed by atoms with Gasteiger partial charge < -0.3 is 15.0 Å². The van der Waals surface area contributed by atoms with Crippen LogP contribution in [0, 0.1) is 5.82 Å². The second-order valence-corrected chi connectivity index (χ2v) is 8.25. The van der Waals surface area contributed by atoms with Crippen molar-refractivity contribution in [1.29, 1.82) is 0 Å². The largest absolute Gasteiger partial charge is 0.497 e. The van der Waals surface area contributed by atoms with Gasteiger partial charge in [-0.15, -0.1) is 0 Å². The predicted molar refractivity (Wildman–Crippen MR) is 107 cm³/mol. The van der Waals surface area contributed by atoms with Crippen molar-refractivity contribution in [2.45, 2.75) is 43.7 Å². The van der Waals surface area contributed by atoms with Crippen molar-refractivity contribution in [3.05, 3.63) is 65.0 Å². The van der Waals surface area contributed by atoms with Crippen molar-refractivity contribution in [2.24, 2.45) is 0 Å². The zero-order chi connectivity index (χ0) is 19.0. The molecule has 1 saturated heterocycles. The molecule has 3 atom stereocenters. The van der Waals surface area contributed by atoms with E-state index < -0.39 is 0 Å². The summed E-state index contributed by atoms with van der Waals surface area (Å²) in [5.41, 5.74) is 4.16. The van der Waals surface area contributed by atoms with Gasteiger partial charge in [0.2, 0.25) is 0 Å². The summed E-state index contributed by atoms with van der Waals surface area (Å²) in [6.07, 6.45) is 3.11. The quantitative estimate of drug-likeness (QED) is 0.873. The van der Waals surface area contributed by atoms with Crippen LogP contribution in [0.3, 0.4) is 0 Å². The van der Waals surface area contributed by atoms with Crippen molar-refractivity contribution >= 4 is 0 Å². The molecule has 1 N–H and O–H groups in total. The van der Waals surface area contributed by atoms with Gasteiger partial charge in [0.15, 0.2) is 0 Å². The minimum atomic E-state index is -0.173. The third-order valence-electron chi connectivity index (χ3n) is 6.67. The van der Waals surface area contributed by atoms with E-state index in [2.05, 4.69) is 42.4 Å². The molecule has 2 aliphatic rings. The van der Waals surface area contributed by atoms with Crippen LogP contribution in [0.5, 0.6) is 5.75 Å². The molecule has 2 aromatic carbocycles. The number of methoxy groups -OCH3 is 1. The maximum atomic E-state index is 13.1. The lowest BCUT2D eigenvalue weighted by atomic mass is 9.61. The molecular weight excluding hydrogens is 339 g/mol. The molecule has 144 valence electrons. The summed E-state index contributed by atoms with van der Waals surface area (Å²) in [7, 11) is 3.98. The number of nitrogens with zero attached hydrogens (tertiary/aromatic N) is 1. The van der Waals surface area contributed by atoms with Gasteiger partial charge in [-0.1, -0.05) is 25.1 Å². The van der Waals surface area contributed by atoms with E-state index in [1.807, 2.05) is 12.1 Å². The summed E-state index contributed by atoms with van der Waals surface area (Å²) < 4.78 is 18.6. The zero-order valence-electron chi connectivity index (χ0n) is 16.5. The van der Waals surface area contributed by atoms with Gasteiger partial charge in [0.25, 0.3) is 0 Å². The maximum absolute atomic E-state index is 13.1. The molecular formula is C23H29FN2O. The Labute approximate surface area is 161 Å². The number of likely N-dealkylation sites (tertiary alicyclic amines) is 1. The van der Waals surface area contributed by atoms with Crippen LogP contribution in [-0.4, -0.2) is 44.2 Å². The summed E-state index contributed by atoms with van der Waals surface area (Å²) in [6.45, 7) is 4.42. The van der Waals surface area contributed by atoms with Gasteiger partial charge in [0.05, 0.1) is 7.11 Å². The van der Waals surface area contributed by atoms with Crippen LogP contribution in [0.25, 0.3) is 0 Å². The number of ether oxygens (including phenoxy) is 1. The third-order valence-corrected chi connectivity index (χ3v) is 6.67. The van der Waals surface area contributed by atoms with Crippen LogP contribution in [-0.2, 0) is 18.3 Å². The number of hydrogen-bond acceptors (Lipinski definition) is 3. The monoisotopic (exact) mass is 368 g/mol. The van der Waals surface area contributed by atoms with Crippen LogP contribution in [0.1, 0.15) is 30.0 Å². The molecule has 27 heavy (non-hydrogen) atoms. The smallest absolute Gasteiger partial charge is 0.123 e. The van der Waals surface area contributed by atoms with Gasteiger partial charge >= 0.3 is 0 Å². The van der Waals surface area contributed by atoms with Crippen LogP contribution in [0.2, 0.25) is 0 Å². The van der Waals surface area contributed by atoms with E-state index in [-0.39, 0.29) is 11.2 Å². The van der Waals surface area contributed by atoms with E-state index in [0.29, 0.717) is 12.1 Å². The van der Waals surface area contributed by atoms with Crippen LogP contribution < -0.4 is 10.1 Å². The van der Waals surface area contributed by atoms with E-state index in [0.717, 1.165) is 38.1 Å². The molecule has 1 aliphatic carbocycles. The third kappa shape index (κ3) is 3.37. The van der Waals surface area contributed by atoms with Gasteiger partial charge in [-0.05, 0) is 80.4 Å². The molecule has 4 heteroatoms. The number of benzene rings is 2. The molecule has 2 unspecified atom stereocenters. The summed E-state index contributed by atoms with van der Waals surface area (Å²) in [5, 5.41) is 3.86. The first-order valence-electron chi connectivity index (χ1n) is 9.87. The first-order chi connectivity index (χ1) is 13.0. The normalized spacial score (nSPS) is 27.3. The second-order valence-electron chi connectivity index (χ2n) is 8.25. The average molecular weight is 368 g/mol. The zero-order valence-corrected chi connectivity index (χ0v) is 16.5. The fourth-order valence-electron chi connectivity index (χ4n) is 4.99. The number of halogens is 1. The number of nitrogens with one attached hydrogen (secondary N) is 1. The van der Waals surface area contributed by atoms with Crippen molar-refractivity contribution in [3.63, 3.8) is 0 Å². The molecule has 2 aromatic rings. The molecule has 0 saturated carbocycles. The molecule has 0 aromatic heterocycles. The fraction of sp³-hybridized carbons (Fsp3) is 0.478. The summed E-state index contributed by atoms with van der Waals surface area (Å²) >= 11 is 0. The first kappa shape index (κ1) is 18.5. The molecule has 0 amide bonds. The number of likely N-dealkylation sites (N-methyl/N-ethyl adjacent to an activating group) is 1. The Hall–Kier alpha value is -1.91. The Morgan fingerprint density at radius 1 is 1.22 bits per heavy atom. The Bertz CT molecular complexity index is 807. The number of hydrogen-bond donors (Lipinski definition) is 1. The number of rotatable bonds is 5. The lowest BCUT2D eigenvalue weighted by molar-refractivity contribution is 0.0663. The molecule has 1 fully saturated rings. The van der Waals surface area contributed by atoms with E-state index in [1.54, 1.807) is 19.2 Å². The van der Waals surface area contributed by atoms with Gasteiger partial charge in [-0.25, -0.2) is 4.39 Å². The molecule has 3 nitrogen and oxygen atoms in total. The Morgan fingerprint density at radius 2 is 2.00 bits per heavy atom. The van der Waals surface area contributed by atoms with E-state index in [1.165, 1.54) is 16.7 Å². The molecule has 4 rings (SSSR count). The van der Waals surface area contributed by atoms with Gasteiger partial charge in [0.1, 0.15) is 11.6 Å². The molecule has 2 bridgehead atoms. The first-order valence-corrected chi connectivity index (χ1v) is 9.87. The highest BCUT2D eigenvalue weighted by Crippen LogP contribution is 2.45. The number of piperidine rings is 1. The van der Waals surface area contributed by atoms with Crippen LogP contribution >= 0.6 is 0 Å². The predicted octanol–water partition coefficient (Wildman–Crippen LogP) is 3.55. The maximum Gasteiger partial charge on any atom is 0.123 e. The summed E-state index contributed by atoms with van der Waals surface area (Å²) in [4.78, 5) is 2.50. The minimum Gasteiger partial charge on any atom is -0.497 e. The minimum absolute atomic E-state index is 0.0993. The Kier molecular flexibility index (Phi) is 4.95. The second kappa shape index (κ2) is 7.25. The standard InChI is InChI=1S/C23H29FN2O/c1-23-11-13-26(2)21(14-17-6-9-19(27-3)15-20(17)23)22(23)25-12-10-16-4-7-18(24)8-5-16/h4-9,15,21-22,25H,10-14H2,1-3H3/t21-,22?,23?/m1/s1. The summed E-state index contributed by atoms with van der Waals surface area (Å²) in [6, 6.07) is 14.3. The Balaban J connectivity index is 1.56. The molecule has 1 heterocycles. The average Bonchev–Trinajstić information content (AvgIpc) is 2.68. The highest BCUT2D eigenvalue weighted by Gasteiger charge is 2.49. The van der Waals surface area contributed by atoms with E-state index in [9.17, 15) is 4.39 Å². The van der Waals surface area contributed by atoms with Crippen LogP contribution in [0.4, 0.5) is 4.39 Å². The highest BCUT2D eigenvalue weighted by molar-refractivity contribution is 5.45. The van der Waals surface area contributed by atoms with Crippen molar-refractivity contribution in [2.75, 3.05) is 27.2 Å². The molecule has 0 spiro atoms. The highest BCUT2D eigenvalue weighted by atomic mass is 19.1. The van der Waals surface area contributed by atoms with E-state index >= 15 is 0 Å². The fourth-order valence-corrected chi connectivity index (χ4v) is 4.99. The van der Waals surface area contributed by atoms with Gasteiger partial charge in [-0.2, -0.15) is 0 Å². The molecule has 1 aliphatic heterocycles. The van der Waals surface area contributed by atoms with Crippen molar-refractivity contribution < 1.29 is 9.13 Å².